The van der Waals surface area contributed by atoms with Crippen LogP contribution in [0.3, 0.4) is 0 Å². The molecule has 1 aromatic carbocycles. The molecule has 1 aliphatic rings. The van der Waals surface area contributed by atoms with Gasteiger partial charge in [0, 0.05) is 31.7 Å². The average Bonchev–Trinajstić information content (AvgIpc) is 2.76. The van der Waals surface area contributed by atoms with Gasteiger partial charge in [-0.05, 0) is 31.0 Å². The van der Waals surface area contributed by atoms with E-state index >= 15 is 0 Å². The molecule has 0 saturated carbocycles. The number of hydrogen-bond acceptors (Lipinski definition) is 3. The Hall–Kier alpha value is -1.55. The second kappa shape index (κ2) is 5.40. The van der Waals surface area contributed by atoms with Gasteiger partial charge in [0.05, 0.1) is 6.10 Å². The molecule has 1 aliphatic heterocycles. The average molecular weight is 248 g/mol. The molecule has 0 bridgehead atoms. The summed E-state index contributed by atoms with van der Waals surface area (Å²) in [6.07, 6.45) is 0.558. The minimum Gasteiger partial charge on any atom is -0.389 e. The van der Waals surface area contributed by atoms with Gasteiger partial charge in [-0.15, -0.1) is 0 Å². The van der Waals surface area contributed by atoms with Crippen molar-refractivity contribution < 1.29 is 9.90 Å². The number of anilines is 1. The monoisotopic (exact) mass is 248 g/mol. The summed E-state index contributed by atoms with van der Waals surface area (Å²) in [5.74, 6) is 0.0336. The number of rotatable bonds is 3. The number of nitrogens with zero attached hydrogens (tertiary/aromatic N) is 1. The molecule has 1 aromatic rings. The third-order valence-electron chi connectivity index (χ3n) is 3.34. The second-order valence-electron chi connectivity index (χ2n) is 4.90. The first-order valence-electron chi connectivity index (χ1n) is 6.36. The maximum Gasteiger partial charge on any atom is 0.217 e. The highest BCUT2D eigenvalue weighted by Gasteiger charge is 2.23. The van der Waals surface area contributed by atoms with Crippen LogP contribution in [0.1, 0.15) is 31.9 Å². The molecular weight excluding hydrogens is 228 g/mol. The molecular formula is C14H20N2O2. The fraction of sp³-hybridized carbons (Fsp3) is 0.500. The Morgan fingerprint density at radius 3 is 2.67 bits per heavy atom. The normalized spacial score (nSPS) is 20.8. The SMILES string of the molecule is CC(=O)NC1CCN(c2ccc([C@H](C)O)cc2)C1. The van der Waals surface area contributed by atoms with Crippen LogP contribution in [0.25, 0.3) is 0 Å². The van der Waals surface area contributed by atoms with Crippen LogP contribution in [0.5, 0.6) is 0 Å². The predicted molar refractivity (Wildman–Crippen MR) is 71.5 cm³/mol. The number of carbonyl (C=O) groups is 1. The van der Waals surface area contributed by atoms with Crippen LogP contribution >= 0.6 is 0 Å². The van der Waals surface area contributed by atoms with Gasteiger partial charge in [0.15, 0.2) is 0 Å². The largest absolute Gasteiger partial charge is 0.389 e. The lowest BCUT2D eigenvalue weighted by molar-refractivity contribution is -0.119. The van der Waals surface area contributed by atoms with E-state index in [9.17, 15) is 9.90 Å². The van der Waals surface area contributed by atoms with Crippen molar-refractivity contribution in [1.82, 2.24) is 5.32 Å². The van der Waals surface area contributed by atoms with Crippen molar-refractivity contribution in [3.63, 3.8) is 0 Å². The van der Waals surface area contributed by atoms with Gasteiger partial charge in [-0.1, -0.05) is 12.1 Å². The number of carbonyl (C=O) groups excluding carboxylic acids is 1. The fourth-order valence-electron chi connectivity index (χ4n) is 2.36. The zero-order valence-electron chi connectivity index (χ0n) is 10.9. The number of hydrogen-bond donors (Lipinski definition) is 2. The molecule has 1 heterocycles. The van der Waals surface area contributed by atoms with Crippen molar-refractivity contribution in [3.05, 3.63) is 29.8 Å². The number of aliphatic hydroxyl groups is 1. The van der Waals surface area contributed by atoms with E-state index < -0.39 is 6.10 Å². The first-order valence-corrected chi connectivity index (χ1v) is 6.36. The van der Waals surface area contributed by atoms with E-state index in [0.717, 1.165) is 30.8 Å². The van der Waals surface area contributed by atoms with Crippen molar-refractivity contribution in [1.29, 1.82) is 0 Å². The summed E-state index contributed by atoms with van der Waals surface area (Å²) in [5.41, 5.74) is 2.07. The lowest BCUT2D eigenvalue weighted by Gasteiger charge is -2.19. The van der Waals surface area contributed by atoms with Gasteiger partial charge >= 0.3 is 0 Å². The van der Waals surface area contributed by atoms with E-state index in [0.29, 0.717) is 0 Å². The van der Waals surface area contributed by atoms with Crippen molar-refractivity contribution in [2.75, 3.05) is 18.0 Å². The fourth-order valence-corrected chi connectivity index (χ4v) is 2.36. The summed E-state index contributed by atoms with van der Waals surface area (Å²) in [7, 11) is 0. The summed E-state index contributed by atoms with van der Waals surface area (Å²) >= 11 is 0. The van der Waals surface area contributed by atoms with Crippen LogP contribution < -0.4 is 10.2 Å². The lowest BCUT2D eigenvalue weighted by atomic mass is 10.1. The molecule has 0 aromatic heterocycles. The third kappa shape index (κ3) is 3.01. The van der Waals surface area contributed by atoms with E-state index in [1.807, 2.05) is 24.3 Å². The molecule has 1 unspecified atom stereocenters. The van der Waals surface area contributed by atoms with Gasteiger partial charge < -0.3 is 15.3 Å². The Balaban J connectivity index is 1.98. The molecule has 1 saturated heterocycles. The first-order chi connectivity index (χ1) is 8.56. The highest BCUT2D eigenvalue weighted by molar-refractivity contribution is 5.73. The minimum atomic E-state index is -0.426. The van der Waals surface area contributed by atoms with Gasteiger partial charge in [-0.25, -0.2) is 0 Å². The van der Waals surface area contributed by atoms with Crippen molar-refractivity contribution in [2.24, 2.45) is 0 Å². The number of aliphatic hydroxyl groups excluding tert-OH is 1. The highest BCUT2D eigenvalue weighted by Crippen LogP contribution is 2.22. The molecule has 4 nitrogen and oxygen atoms in total. The van der Waals surface area contributed by atoms with Crippen LogP contribution in [-0.2, 0) is 4.79 Å². The summed E-state index contributed by atoms with van der Waals surface area (Å²) in [6, 6.07) is 8.20. The number of amides is 1. The highest BCUT2D eigenvalue weighted by atomic mass is 16.3. The first kappa shape index (κ1) is 12.9. The van der Waals surface area contributed by atoms with Crippen LogP contribution in [0.15, 0.2) is 24.3 Å². The van der Waals surface area contributed by atoms with Gasteiger partial charge in [-0.3, -0.25) is 4.79 Å². The van der Waals surface area contributed by atoms with E-state index in [2.05, 4.69) is 10.2 Å². The van der Waals surface area contributed by atoms with Crippen molar-refractivity contribution in [2.45, 2.75) is 32.4 Å². The van der Waals surface area contributed by atoms with Crippen LogP contribution in [-0.4, -0.2) is 30.1 Å². The van der Waals surface area contributed by atoms with Crippen LogP contribution in [0.2, 0.25) is 0 Å². The van der Waals surface area contributed by atoms with Crippen molar-refractivity contribution in [3.8, 4) is 0 Å². The molecule has 2 rings (SSSR count). The molecule has 2 atom stereocenters. The lowest BCUT2D eigenvalue weighted by Crippen LogP contribution is -2.35. The zero-order chi connectivity index (χ0) is 13.1. The maximum atomic E-state index is 11.0. The summed E-state index contributed by atoms with van der Waals surface area (Å²) in [4.78, 5) is 13.3. The Morgan fingerprint density at radius 2 is 2.11 bits per heavy atom. The molecule has 2 N–H and O–H groups in total. The smallest absolute Gasteiger partial charge is 0.217 e. The van der Waals surface area contributed by atoms with Crippen LogP contribution in [0, 0.1) is 0 Å². The van der Waals surface area contributed by atoms with Gasteiger partial charge in [0.25, 0.3) is 0 Å². The topological polar surface area (TPSA) is 52.6 Å². The maximum absolute atomic E-state index is 11.0. The predicted octanol–water partition coefficient (Wildman–Crippen LogP) is 1.45. The Morgan fingerprint density at radius 1 is 1.44 bits per heavy atom. The van der Waals surface area contributed by atoms with Crippen LogP contribution in [0.4, 0.5) is 5.69 Å². The number of benzene rings is 1. The molecule has 4 heteroatoms. The molecule has 18 heavy (non-hydrogen) atoms. The molecule has 0 spiro atoms. The quantitative estimate of drug-likeness (QED) is 0.851. The molecule has 98 valence electrons. The molecule has 1 amide bonds. The number of nitrogens with one attached hydrogen (secondary N) is 1. The van der Waals surface area contributed by atoms with E-state index in [1.54, 1.807) is 13.8 Å². The standard InChI is InChI=1S/C14H20N2O2/c1-10(17)12-3-5-14(6-4-12)16-8-7-13(9-16)15-11(2)18/h3-6,10,13,17H,7-9H2,1-2H3,(H,15,18)/t10-,13?/m0/s1. The van der Waals surface area contributed by atoms with Gasteiger partial charge in [0.2, 0.25) is 5.91 Å². The Kier molecular flexibility index (Phi) is 3.87. The Labute approximate surface area is 108 Å². The Bertz CT molecular complexity index is 414. The molecule has 0 radical (unpaired) electrons. The molecule has 1 fully saturated rings. The van der Waals surface area contributed by atoms with E-state index in [-0.39, 0.29) is 11.9 Å². The minimum absolute atomic E-state index is 0.0336. The van der Waals surface area contributed by atoms with Crippen molar-refractivity contribution >= 4 is 11.6 Å². The summed E-state index contributed by atoms with van der Waals surface area (Å²) in [6.45, 7) is 5.13. The van der Waals surface area contributed by atoms with Gasteiger partial charge in [0.1, 0.15) is 0 Å². The summed E-state index contributed by atoms with van der Waals surface area (Å²) < 4.78 is 0. The van der Waals surface area contributed by atoms with E-state index in [4.69, 9.17) is 0 Å². The van der Waals surface area contributed by atoms with E-state index in [1.165, 1.54) is 0 Å². The van der Waals surface area contributed by atoms with Gasteiger partial charge in [-0.2, -0.15) is 0 Å². The summed E-state index contributed by atoms with van der Waals surface area (Å²) in [5, 5.41) is 12.4. The third-order valence-corrected chi connectivity index (χ3v) is 3.34. The second-order valence-corrected chi connectivity index (χ2v) is 4.90. The zero-order valence-corrected chi connectivity index (χ0v) is 10.9. The molecule has 0 aliphatic carbocycles.